The zero-order valence-corrected chi connectivity index (χ0v) is 12.9. The predicted molar refractivity (Wildman–Crippen MR) is 83.8 cm³/mol. The van der Waals surface area contributed by atoms with Gasteiger partial charge in [-0.2, -0.15) is 0 Å². The molecule has 20 heavy (non-hydrogen) atoms. The molecule has 0 bridgehead atoms. The molecule has 104 valence electrons. The number of para-hydroxylation sites is 1. The number of hydrogen-bond acceptors (Lipinski definition) is 1. The molecule has 0 aromatic heterocycles. The van der Waals surface area contributed by atoms with Crippen LogP contribution < -0.4 is 4.74 Å². The molecule has 2 aromatic carbocycles. The predicted octanol–water partition coefficient (Wildman–Crippen LogP) is 5.42. The number of fused-ring (bicyclic) bond motifs is 2. The lowest BCUT2D eigenvalue weighted by atomic mass is 9.74. The van der Waals surface area contributed by atoms with E-state index in [9.17, 15) is 0 Å². The molecule has 0 aliphatic carbocycles. The Morgan fingerprint density at radius 1 is 0.850 bits per heavy atom. The van der Waals surface area contributed by atoms with Gasteiger partial charge in [0.1, 0.15) is 11.5 Å². The molecule has 0 N–H and O–H groups in total. The summed E-state index contributed by atoms with van der Waals surface area (Å²) >= 11 is 0. The Kier molecular flexibility index (Phi) is 2.72. The first kappa shape index (κ1) is 13.2. The number of hydrogen-bond donors (Lipinski definition) is 0. The molecule has 0 amide bonds. The zero-order chi connectivity index (χ0) is 14.5. The van der Waals surface area contributed by atoms with Crippen molar-refractivity contribution < 1.29 is 4.74 Å². The van der Waals surface area contributed by atoms with Crippen molar-refractivity contribution in [2.45, 2.75) is 45.4 Å². The Morgan fingerprint density at radius 3 is 2.20 bits per heavy atom. The van der Waals surface area contributed by atoms with E-state index in [2.05, 4.69) is 71.0 Å². The first-order valence-electron chi connectivity index (χ1n) is 7.22. The minimum atomic E-state index is -0.0133. The Balaban J connectivity index is 2.18. The minimum absolute atomic E-state index is 0.0133. The van der Waals surface area contributed by atoms with Gasteiger partial charge in [0.25, 0.3) is 0 Å². The smallest absolute Gasteiger partial charge is 0.131 e. The lowest BCUT2D eigenvalue weighted by molar-refractivity contribution is 0.415. The van der Waals surface area contributed by atoms with Crippen molar-refractivity contribution >= 4 is 0 Å². The lowest BCUT2D eigenvalue weighted by Crippen LogP contribution is -2.25. The molecule has 0 saturated carbocycles. The highest BCUT2D eigenvalue weighted by atomic mass is 16.5. The van der Waals surface area contributed by atoms with Crippen molar-refractivity contribution in [1.82, 2.24) is 0 Å². The van der Waals surface area contributed by atoms with Gasteiger partial charge in [-0.15, -0.1) is 0 Å². The maximum Gasteiger partial charge on any atom is 0.131 e. The van der Waals surface area contributed by atoms with Gasteiger partial charge in [0.2, 0.25) is 0 Å². The molecule has 0 saturated heterocycles. The molecule has 0 unspecified atom stereocenters. The summed E-state index contributed by atoms with van der Waals surface area (Å²) in [6.07, 6.45) is 0. The molecule has 0 spiro atoms. The third-order valence-electron chi connectivity index (χ3n) is 4.30. The minimum Gasteiger partial charge on any atom is -0.457 e. The van der Waals surface area contributed by atoms with Crippen LogP contribution in [0.1, 0.15) is 51.3 Å². The zero-order valence-electron chi connectivity index (χ0n) is 12.9. The van der Waals surface area contributed by atoms with Crippen LogP contribution in [0.15, 0.2) is 42.5 Å². The normalized spacial score (nSPS) is 16.1. The van der Waals surface area contributed by atoms with Gasteiger partial charge >= 0.3 is 0 Å². The monoisotopic (exact) mass is 266 g/mol. The third-order valence-corrected chi connectivity index (χ3v) is 4.30. The molecule has 0 fully saturated rings. The van der Waals surface area contributed by atoms with Crippen LogP contribution in [0.2, 0.25) is 0 Å². The summed E-state index contributed by atoms with van der Waals surface area (Å²) in [5.74, 6) is 1.98. The highest BCUT2D eigenvalue weighted by Crippen LogP contribution is 2.48. The fourth-order valence-electron chi connectivity index (χ4n) is 2.93. The Morgan fingerprint density at radius 2 is 1.50 bits per heavy atom. The van der Waals surface area contributed by atoms with E-state index in [1.54, 1.807) is 0 Å². The molecule has 1 aliphatic rings. The summed E-state index contributed by atoms with van der Waals surface area (Å²) in [6.45, 7) is 11.2. The van der Waals surface area contributed by atoms with Gasteiger partial charge in [-0.05, 0) is 23.1 Å². The highest BCUT2D eigenvalue weighted by molar-refractivity contribution is 5.57. The molecular weight excluding hydrogens is 244 g/mol. The van der Waals surface area contributed by atoms with E-state index in [1.165, 1.54) is 16.7 Å². The largest absolute Gasteiger partial charge is 0.457 e. The molecule has 1 aliphatic heterocycles. The highest BCUT2D eigenvalue weighted by Gasteiger charge is 2.34. The molecule has 0 atom stereocenters. The van der Waals surface area contributed by atoms with E-state index in [1.807, 2.05) is 6.07 Å². The summed E-state index contributed by atoms with van der Waals surface area (Å²) in [5.41, 5.74) is 3.96. The quantitative estimate of drug-likeness (QED) is 0.619. The van der Waals surface area contributed by atoms with Crippen LogP contribution in [0.4, 0.5) is 0 Å². The fraction of sp³-hybridized carbons (Fsp3) is 0.368. The summed E-state index contributed by atoms with van der Waals surface area (Å²) in [5, 5.41) is 0. The van der Waals surface area contributed by atoms with Crippen molar-refractivity contribution in [2.75, 3.05) is 0 Å². The van der Waals surface area contributed by atoms with Crippen molar-refractivity contribution in [3.8, 4) is 11.5 Å². The van der Waals surface area contributed by atoms with Crippen molar-refractivity contribution in [1.29, 1.82) is 0 Å². The van der Waals surface area contributed by atoms with Gasteiger partial charge in [-0.3, -0.25) is 0 Å². The molecule has 1 nitrogen and oxygen atoms in total. The summed E-state index contributed by atoms with van der Waals surface area (Å²) < 4.78 is 6.15. The van der Waals surface area contributed by atoms with E-state index in [0.29, 0.717) is 0 Å². The Hall–Kier alpha value is -1.76. The van der Waals surface area contributed by atoms with Crippen LogP contribution in [0.3, 0.4) is 0 Å². The number of ether oxygens (including phenoxy) is 1. The van der Waals surface area contributed by atoms with Crippen LogP contribution in [-0.4, -0.2) is 0 Å². The van der Waals surface area contributed by atoms with Crippen molar-refractivity contribution in [3.05, 3.63) is 59.2 Å². The van der Waals surface area contributed by atoms with Crippen LogP contribution in [0, 0.1) is 0 Å². The maximum atomic E-state index is 6.15. The van der Waals surface area contributed by atoms with Crippen LogP contribution >= 0.6 is 0 Å². The second-order valence-electron chi connectivity index (χ2n) is 7.18. The van der Waals surface area contributed by atoms with E-state index in [0.717, 1.165) is 11.5 Å². The molecule has 0 radical (unpaired) electrons. The van der Waals surface area contributed by atoms with Crippen LogP contribution in [0.5, 0.6) is 11.5 Å². The van der Waals surface area contributed by atoms with E-state index in [-0.39, 0.29) is 10.8 Å². The van der Waals surface area contributed by atoms with Gasteiger partial charge in [-0.25, -0.2) is 0 Å². The maximum absolute atomic E-state index is 6.15. The van der Waals surface area contributed by atoms with Crippen molar-refractivity contribution in [2.24, 2.45) is 0 Å². The van der Waals surface area contributed by atoms with Crippen molar-refractivity contribution in [3.63, 3.8) is 0 Å². The Bertz CT molecular complexity index is 660. The first-order valence-corrected chi connectivity index (χ1v) is 7.22. The molecule has 1 heterocycles. The van der Waals surface area contributed by atoms with E-state index >= 15 is 0 Å². The van der Waals surface area contributed by atoms with Gasteiger partial charge in [-0.1, -0.05) is 65.0 Å². The first-order chi connectivity index (χ1) is 9.30. The van der Waals surface area contributed by atoms with E-state index < -0.39 is 0 Å². The van der Waals surface area contributed by atoms with Crippen LogP contribution in [-0.2, 0) is 10.8 Å². The lowest BCUT2D eigenvalue weighted by Gasteiger charge is -2.35. The average Bonchev–Trinajstić information content (AvgIpc) is 2.37. The van der Waals surface area contributed by atoms with Gasteiger partial charge in [0, 0.05) is 16.5 Å². The second kappa shape index (κ2) is 4.12. The van der Waals surface area contributed by atoms with Gasteiger partial charge < -0.3 is 4.74 Å². The second-order valence-corrected chi connectivity index (χ2v) is 7.18. The SMILES string of the molecule is CC(C)(C)c1ccc2c(c1)Oc1ccccc1C2(C)C. The molecule has 1 heteroatoms. The average molecular weight is 266 g/mol. The summed E-state index contributed by atoms with van der Waals surface area (Å²) in [7, 11) is 0. The number of rotatable bonds is 0. The fourth-order valence-corrected chi connectivity index (χ4v) is 2.93. The van der Waals surface area contributed by atoms with E-state index in [4.69, 9.17) is 4.74 Å². The number of benzene rings is 2. The van der Waals surface area contributed by atoms with Gasteiger partial charge in [0.15, 0.2) is 0 Å². The Labute approximate surface area is 121 Å². The topological polar surface area (TPSA) is 9.23 Å². The van der Waals surface area contributed by atoms with Gasteiger partial charge in [0.05, 0.1) is 0 Å². The molecule has 2 aromatic rings. The summed E-state index contributed by atoms with van der Waals surface area (Å²) in [4.78, 5) is 0. The molecular formula is C19H22O. The third kappa shape index (κ3) is 1.93. The standard InChI is InChI=1S/C19H22O/c1-18(2,3)13-10-11-15-17(12-13)20-16-9-7-6-8-14(16)19(15,4)5/h6-12H,1-5H3. The van der Waals surface area contributed by atoms with Crippen LogP contribution in [0.25, 0.3) is 0 Å². The molecule has 3 rings (SSSR count). The summed E-state index contributed by atoms with van der Waals surface area (Å²) in [6, 6.07) is 15.0.